The molecule has 3 rings (SSSR count). The minimum atomic E-state index is 0.912. The zero-order chi connectivity index (χ0) is 7.97. The quantitative estimate of drug-likeness (QED) is 0.573. The molecule has 1 N–H and O–H groups in total. The molecule has 0 unspecified atom stereocenters. The topological polar surface area (TPSA) is 15.3 Å². The highest BCUT2D eigenvalue weighted by Crippen LogP contribution is 2.36. The summed E-state index contributed by atoms with van der Waals surface area (Å²) in [5.74, 6) is 0.994. The largest absolute Gasteiger partial charge is 0.315 e. The third-order valence-corrected chi connectivity index (χ3v) is 3.98. The van der Waals surface area contributed by atoms with Crippen molar-refractivity contribution in [2.24, 2.45) is 5.92 Å². The van der Waals surface area contributed by atoms with Gasteiger partial charge in [-0.05, 0) is 38.3 Å². The lowest BCUT2D eigenvalue weighted by Crippen LogP contribution is -2.42. The summed E-state index contributed by atoms with van der Waals surface area (Å²) in [4.78, 5) is 2.79. The first-order valence-corrected chi connectivity index (χ1v) is 5.41. The number of hydrogen-bond donors (Lipinski definition) is 1. The van der Waals surface area contributed by atoms with Crippen molar-refractivity contribution < 1.29 is 0 Å². The molecule has 3 aliphatic heterocycles. The highest BCUT2D eigenvalue weighted by molar-refractivity contribution is 5.00. The van der Waals surface area contributed by atoms with E-state index in [0.717, 1.165) is 18.0 Å². The molecule has 2 nitrogen and oxygen atoms in total. The predicted octanol–water partition coefficient (Wildman–Crippen LogP) is 0.833. The average Bonchev–Trinajstić information content (AvgIpc) is 2.62. The van der Waals surface area contributed by atoms with Crippen molar-refractivity contribution in [2.75, 3.05) is 19.6 Å². The van der Waals surface area contributed by atoms with E-state index in [0.29, 0.717) is 0 Å². The van der Waals surface area contributed by atoms with E-state index in [1.165, 1.54) is 45.3 Å². The maximum absolute atomic E-state index is 3.52. The van der Waals surface area contributed by atoms with E-state index in [2.05, 4.69) is 10.2 Å². The standard InChI is InChI=1S/C10H18N2/c1-2-4-12-9(3-1)5-8-6-11-7-10(8)12/h8-11H,1-7H2/t8-,9+,10+/m0/s1. The Labute approximate surface area is 74.3 Å². The van der Waals surface area contributed by atoms with Gasteiger partial charge in [0.25, 0.3) is 0 Å². The molecule has 68 valence electrons. The van der Waals surface area contributed by atoms with Crippen molar-refractivity contribution in [3.63, 3.8) is 0 Å². The fourth-order valence-electron chi connectivity index (χ4n) is 3.41. The van der Waals surface area contributed by atoms with Crippen LogP contribution in [0.3, 0.4) is 0 Å². The summed E-state index contributed by atoms with van der Waals surface area (Å²) in [5.41, 5.74) is 0. The van der Waals surface area contributed by atoms with E-state index in [4.69, 9.17) is 0 Å². The van der Waals surface area contributed by atoms with Gasteiger partial charge in [-0.3, -0.25) is 4.90 Å². The van der Waals surface area contributed by atoms with Crippen molar-refractivity contribution in [2.45, 2.75) is 37.8 Å². The first-order valence-electron chi connectivity index (χ1n) is 5.41. The number of hydrogen-bond acceptors (Lipinski definition) is 2. The van der Waals surface area contributed by atoms with Gasteiger partial charge in [0.05, 0.1) is 0 Å². The third-order valence-electron chi connectivity index (χ3n) is 3.98. The van der Waals surface area contributed by atoms with E-state index >= 15 is 0 Å². The van der Waals surface area contributed by atoms with Gasteiger partial charge in [0.1, 0.15) is 0 Å². The molecular formula is C10H18N2. The molecule has 0 aromatic rings. The second kappa shape index (κ2) is 2.71. The average molecular weight is 166 g/mol. The Morgan fingerprint density at radius 2 is 2.17 bits per heavy atom. The second-order valence-electron chi connectivity index (χ2n) is 4.61. The number of piperidine rings is 1. The third kappa shape index (κ3) is 0.944. The zero-order valence-corrected chi connectivity index (χ0v) is 7.63. The van der Waals surface area contributed by atoms with E-state index in [-0.39, 0.29) is 0 Å². The number of fused-ring (bicyclic) bond motifs is 3. The monoisotopic (exact) mass is 166 g/mol. The van der Waals surface area contributed by atoms with Crippen molar-refractivity contribution in [1.29, 1.82) is 0 Å². The number of nitrogens with one attached hydrogen (secondary N) is 1. The van der Waals surface area contributed by atoms with Crippen molar-refractivity contribution in [1.82, 2.24) is 10.2 Å². The summed E-state index contributed by atoms with van der Waals surface area (Å²) in [6, 6.07) is 1.88. The van der Waals surface area contributed by atoms with Gasteiger partial charge in [0.2, 0.25) is 0 Å². The van der Waals surface area contributed by atoms with Gasteiger partial charge in [-0.1, -0.05) is 6.42 Å². The lowest BCUT2D eigenvalue weighted by atomic mass is 9.99. The Hall–Kier alpha value is -0.0800. The molecule has 3 fully saturated rings. The van der Waals surface area contributed by atoms with Gasteiger partial charge in [0, 0.05) is 18.6 Å². The molecule has 0 saturated carbocycles. The van der Waals surface area contributed by atoms with Crippen LogP contribution in [0.4, 0.5) is 0 Å². The fourth-order valence-corrected chi connectivity index (χ4v) is 3.41. The minimum absolute atomic E-state index is 0.912. The van der Waals surface area contributed by atoms with Crippen LogP contribution in [0.1, 0.15) is 25.7 Å². The highest BCUT2D eigenvalue weighted by atomic mass is 15.3. The molecule has 0 aliphatic carbocycles. The van der Waals surface area contributed by atoms with Crippen LogP contribution in [0.2, 0.25) is 0 Å². The van der Waals surface area contributed by atoms with Crippen LogP contribution in [0.15, 0.2) is 0 Å². The molecule has 0 radical (unpaired) electrons. The lowest BCUT2D eigenvalue weighted by Gasteiger charge is -2.33. The molecular weight excluding hydrogens is 148 g/mol. The zero-order valence-electron chi connectivity index (χ0n) is 7.63. The molecule has 2 heteroatoms. The Kier molecular flexibility index (Phi) is 1.66. The van der Waals surface area contributed by atoms with Crippen LogP contribution in [0.5, 0.6) is 0 Å². The van der Waals surface area contributed by atoms with Crippen LogP contribution >= 0.6 is 0 Å². The van der Waals surface area contributed by atoms with Crippen molar-refractivity contribution in [3.8, 4) is 0 Å². The molecule has 3 heterocycles. The van der Waals surface area contributed by atoms with Gasteiger partial charge in [-0.15, -0.1) is 0 Å². The number of nitrogens with zero attached hydrogens (tertiary/aromatic N) is 1. The molecule has 3 aliphatic rings. The normalized spacial score (nSPS) is 47.5. The molecule has 0 amide bonds. The Morgan fingerprint density at radius 3 is 3.17 bits per heavy atom. The summed E-state index contributed by atoms with van der Waals surface area (Å²) < 4.78 is 0. The Bertz CT molecular complexity index is 181. The van der Waals surface area contributed by atoms with Crippen LogP contribution in [-0.2, 0) is 0 Å². The van der Waals surface area contributed by atoms with Gasteiger partial charge in [-0.2, -0.15) is 0 Å². The van der Waals surface area contributed by atoms with E-state index in [1.807, 2.05) is 0 Å². The first kappa shape index (κ1) is 7.34. The summed E-state index contributed by atoms with van der Waals surface area (Å²) in [5, 5.41) is 3.52. The fraction of sp³-hybridized carbons (Fsp3) is 1.00. The van der Waals surface area contributed by atoms with Crippen LogP contribution in [0, 0.1) is 5.92 Å². The van der Waals surface area contributed by atoms with Gasteiger partial charge in [0.15, 0.2) is 0 Å². The van der Waals surface area contributed by atoms with Crippen LogP contribution in [-0.4, -0.2) is 36.6 Å². The molecule has 0 aromatic carbocycles. The van der Waals surface area contributed by atoms with E-state index in [1.54, 1.807) is 0 Å². The molecule has 0 aromatic heterocycles. The molecule has 0 bridgehead atoms. The molecule has 0 spiro atoms. The van der Waals surface area contributed by atoms with Crippen molar-refractivity contribution >= 4 is 0 Å². The van der Waals surface area contributed by atoms with E-state index < -0.39 is 0 Å². The van der Waals surface area contributed by atoms with Gasteiger partial charge in [-0.25, -0.2) is 0 Å². The van der Waals surface area contributed by atoms with Gasteiger partial charge >= 0.3 is 0 Å². The summed E-state index contributed by atoms with van der Waals surface area (Å²) >= 11 is 0. The highest BCUT2D eigenvalue weighted by Gasteiger charge is 2.43. The van der Waals surface area contributed by atoms with Crippen LogP contribution < -0.4 is 5.32 Å². The SMILES string of the molecule is C1CCN2[C@H](C1)C[C@H]1CNC[C@H]12. The Balaban J connectivity index is 1.79. The Morgan fingerprint density at radius 1 is 1.17 bits per heavy atom. The van der Waals surface area contributed by atoms with Crippen molar-refractivity contribution in [3.05, 3.63) is 0 Å². The maximum atomic E-state index is 3.52. The summed E-state index contributed by atoms with van der Waals surface area (Å²) in [7, 11) is 0. The molecule has 3 atom stereocenters. The smallest absolute Gasteiger partial charge is 0.0264 e. The van der Waals surface area contributed by atoms with E-state index in [9.17, 15) is 0 Å². The summed E-state index contributed by atoms with van der Waals surface area (Å²) in [6.07, 6.45) is 5.89. The summed E-state index contributed by atoms with van der Waals surface area (Å²) in [6.45, 7) is 3.94. The lowest BCUT2D eigenvalue weighted by molar-refractivity contribution is 0.151. The van der Waals surface area contributed by atoms with Gasteiger partial charge < -0.3 is 5.32 Å². The van der Waals surface area contributed by atoms with Crippen LogP contribution in [0.25, 0.3) is 0 Å². The molecule has 3 saturated heterocycles. The minimum Gasteiger partial charge on any atom is -0.315 e. The maximum Gasteiger partial charge on any atom is 0.0264 e. The second-order valence-corrected chi connectivity index (χ2v) is 4.61. The predicted molar refractivity (Wildman–Crippen MR) is 49.1 cm³/mol. The molecule has 12 heavy (non-hydrogen) atoms. The first-order chi connectivity index (χ1) is 5.95. The number of rotatable bonds is 0.